The second-order valence-corrected chi connectivity index (χ2v) is 4.03. The number of hydrogen-bond acceptors (Lipinski definition) is 6. The molecular formula is C14H14O6. The second kappa shape index (κ2) is 5.64. The fraction of sp³-hybridized carbons (Fsp3) is 0.286. The summed E-state index contributed by atoms with van der Waals surface area (Å²) in [6.07, 6.45) is 1.42. The number of benzene rings is 1. The van der Waals surface area contributed by atoms with Crippen LogP contribution in [0.1, 0.15) is 12.5 Å². The number of rotatable bonds is 4. The van der Waals surface area contributed by atoms with Crippen molar-refractivity contribution in [1.82, 2.24) is 0 Å². The van der Waals surface area contributed by atoms with E-state index < -0.39 is 5.97 Å². The highest BCUT2D eigenvalue weighted by Gasteiger charge is 2.23. The monoisotopic (exact) mass is 278 g/mol. The van der Waals surface area contributed by atoms with Crippen molar-refractivity contribution in [3.8, 4) is 17.2 Å². The summed E-state index contributed by atoms with van der Waals surface area (Å²) < 4.78 is 20.4. The van der Waals surface area contributed by atoms with Crippen molar-refractivity contribution in [1.29, 1.82) is 0 Å². The van der Waals surface area contributed by atoms with Crippen molar-refractivity contribution in [2.45, 2.75) is 6.92 Å². The molecule has 0 unspecified atom stereocenters. The quantitative estimate of drug-likeness (QED) is 0.360. The van der Waals surface area contributed by atoms with Crippen LogP contribution in [-0.4, -0.2) is 32.8 Å². The Morgan fingerprint density at radius 1 is 1.20 bits per heavy atom. The van der Waals surface area contributed by atoms with Crippen LogP contribution in [-0.2, 0) is 14.3 Å². The molecule has 2 rings (SSSR count). The summed E-state index contributed by atoms with van der Waals surface area (Å²) in [5, 5.41) is 0. The van der Waals surface area contributed by atoms with Gasteiger partial charge >= 0.3 is 5.97 Å². The number of Topliss-reactive ketones (excluding diaryl/α,β-unsaturated/α-hetero) is 1. The molecule has 0 spiro atoms. The van der Waals surface area contributed by atoms with Crippen molar-refractivity contribution in [2.75, 3.05) is 21.0 Å². The van der Waals surface area contributed by atoms with Crippen LogP contribution in [0.5, 0.6) is 17.2 Å². The largest absolute Gasteiger partial charge is 0.493 e. The zero-order valence-electron chi connectivity index (χ0n) is 11.4. The summed E-state index contributed by atoms with van der Waals surface area (Å²) in [5.74, 6) is 0.333. The van der Waals surface area contributed by atoms with Gasteiger partial charge in [-0.15, -0.1) is 0 Å². The lowest BCUT2D eigenvalue weighted by atomic mass is 10.1. The fourth-order valence-electron chi connectivity index (χ4n) is 1.84. The van der Waals surface area contributed by atoms with Crippen molar-refractivity contribution in [3.05, 3.63) is 23.3 Å². The molecule has 0 fully saturated rings. The summed E-state index contributed by atoms with van der Waals surface area (Å²) in [5.41, 5.74) is 0.490. The van der Waals surface area contributed by atoms with Gasteiger partial charge in [-0.1, -0.05) is 0 Å². The molecule has 1 aliphatic rings. The number of carbonyl (C=O) groups excluding carboxylic acids is 2. The van der Waals surface area contributed by atoms with Gasteiger partial charge in [0.05, 0.1) is 14.2 Å². The Kier molecular flexibility index (Phi) is 3.93. The predicted octanol–water partition coefficient (Wildman–Crippen LogP) is 1.57. The van der Waals surface area contributed by atoms with E-state index in [1.165, 1.54) is 27.2 Å². The van der Waals surface area contributed by atoms with Gasteiger partial charge in [0, 0.05) is 5.56 Å². The Bertz CT molecular complexity index is 588. The van der Waals surface area contributed by atoms with E-state index in [4.69, 9.17) is 14.2 Å². The molecule has 6 heteroatoms. The van der Waals surface area contributed by atoms with Crippen LogP contribution in [0.4, 0.5) is 0 Å². The smallest absolute Gasteiger partial charge is 0.341 e. The molecule has 0 radical (unpaired) electrons. The van der Waals surface area contributed by atoms with E-state index >= 15 is 0 Å². The number of carbonyl (C=O) groups is 2. The van der Waals surface area contributed by atoms with E-state index in [9.17, 15) is 9.59 Å². The van der Waals surface area contributed by atoms with E-state index in [0.29, 0.717) is 22.8 Å². The van der Waals surface area contributed by atoms with Gasteiger partial charge in [0.25, 0.3) is 0 Å². The number of esters is 1. The van der Waals surface area contributed by atoms with E-state index in [0.717, 1.165) is 0 Å². The Balaban J connectivity index is 2.51. The molecule has 0 saturated carbocycles. The van der Waals surface area contributed by atoms with Gasteiger partial charge in [0.1, 0.15) is 5.57 Å². The first-order valence-electron chi connectivity index (χ1n) is 5.86. The molecule has 106 valence electrons. The molecular weight excluding hydrogens is 264 g/mol. The molecule has 0 bridgehead atoms. The van der Waals surface area contributed by atoms with Gasteiger partial charge in [-0.3, -0.25) is 4.79 Å². The Morgan fingerprint density at radius 3 is 2.50 bits per heavy atom. The van der Waals surface area contributed by atoms with Crippen LogP contribution in [0, 0.1) is 0 Å². The van der Waals surface area contributed by atoms with Gasteiger partial charge in [-0.2, -0.15) is 0 Å². The van der Waals surface area contributed by atoms with Crippen LogP contribution in [0.15, 0.2) is 17.7 Å². The van der Waals surface area contributed by atoms with Gasteiger partial charge in [-0.25, -0.2) is 4.79 Å². The van der Waals surface area contributed by atoms with E-state index in [1.807, 2.05) is 0 Å². The number of ketones is 1. The third kappa shape index (κ3) is 2.45. The molecule has 0 saturated heterocycles. The summed E-state index contributed by atoms with van der Waals surface area (Å²) in [7, 11) is 2.74. The number of ether oxygens (including phenoxy) is 4. The second-order valence-electron chi connectivity index (χ2n) is 4.03. The molecule has 1 aromatic carbocycles. The maximum absolute atomic E-state index is 11.6. The van der Waals surface area contributed by atoms with E-state index in [-0.39, 0.29) is 18.1 Å². The topological polar surface area (TPSA) is 71.1 Å². The first-order chi connectivity index (χ1) is 9.58. The normalized spacial score (nSPS) is 13.1. The molecule has 1 aliphatic heterocycles. The van der Waals surface area contributed by atoms with Crippen molar-refractivity contribution < 1.29 is 28.5 Å². The van der Waals surface area contributed by atoms with Gasteiger partial charge in [0.2, 0.25) is 12.5 Å². The molecule has 1 aromatic rings. The molecule has 1 heterocycles. The van der Waals surface area contributed by atoms with Crippen molar-refractivity contribution >= 4 is 17.8 Å². The third-order valence-corrected chi connectivity index (χ3v) is 2.82. The highest BCUT2D eigenvalue weighted by atomic mass is 16.7. The Hall–Kier alpha value is -2.50. The van der Waals surface area contributed by atoms with Crippen LogP contribution in [0.2, 0.25) is 0 Å². The maximum Gasteiger partial charge on any atom is 0.341 e. The summed E-state index contributed by atoms with van der Waals surface area (Å²) in [4.78, 5) is 23.1. The van der Waals surface area contributed by atoms with Crippen molar-refractivity contribution in [3.63, 3.8) is 0 Å². The molecule has 0 aromatic heterocycles. The van der Waals surface area contributed by atoms with Crippen LogP contribution < -0.4 is 14.2 Å². The highest BCUT2D eigenvalue weighted by molar-refractivity contribution is 6.19. The molecule has 0 N–H and O–H groups in total. The SMILES string of the molecule is COC(=O)C(=Cc1ccc(OC)c2c1OCO2)C(C)=O. The molecule has 6 nitrogen and oxygen atoms in total. The van der Waals surface area contributed by atoms with Crippen LogP contribution in [0.25, 0.3) is 6.08 Å². The Labute approximate surface area is 115 Å². The molecule has 20 heavy (non-hydrogen) atoms. The summed E-state index contributed by atoms with van der Waals surface area (Å²) >= 11 is 0. The maximum atomic E-state index is 11.6. The lowest BCUT2D eigenvalue weighted by Gasteiger charge is -2.07. The third-order valence-electron chi connectivity index (χ3n) is 2.82. The number of hydrogen-bond donors (Lipinski definition) is 0. The zero-order valence-corrected chi connectivity index (χ0v) is 11.4. The molecule has 0 atom stereocenters. The van der Waals surface area contributed by atoms with Crippen LogP contribution >= 0.6 is 0 Å². The number of methoxy groups -OCH3 is 2. The predicted molar refractivity (Wildman–Crippen MR) is 69.8 cm³/mol. The van der Waals surface area contributed by atoms with E-state index in [2.05, 4.69) is 4.74 Å². The summed E-state index contributed by atoms with van der Waals surface area (Å²) in [6.45, 7) is 1.36. The van der Waals surface area contributed by atoms with E-state index in [1.54, 1.807) is 12.1 Å². The minimum Gasteiger partial charge on any atom is -0.493 e. The molecule has 0 aliphatic carbocycles. The fourth-order valence-corrected chi connectivity index (χ4v) is 1.84. The lowest BCUT2D eigenvalue weighted by molar-refractivity contribution is -0.137. The highest BCUT2D eigenvalue weighted by Crippen LogP contribution is 2.44. The van der Waals surface area contributed by atoms with Crippen LogP contribution in [0.3, 0.4) is 0 Å². The minimum absolute atomic E-state index is 0.0597. The zero-order chi connectivity index (χ0) is 14.7. The average Bonchev–Trinajstić information content (AvgIpc) is 2.93. The van der Waals surface area contributed by atoms with Gasteiger partial charge in [-0.05, 0) is 25.1 Å². The van der Waals surface area contributed by atoms with Gasteiger partial charge in [0.15, 0.2) is 17.3 Å². The molecule has 0 amide bonds. The minimum atomic E-state index is -0.694. The first-order valence-corrected chi connectivity index (χ1v) is 5.86. The average molecular weight is 278 g/mol. The van der Waals surface area contributed by atoms with Crippen molar-refractivity contribution in [2.24, 2.45) is 0 Å². The standard InChI is InChI=1S/C14H14O6/c1-8(15)10(14(16)18-3)6-9-4-5-11(17-2)13-12(9)19-7-20-13/h4-6H,7H2,1-3H3. The Morgan fingerprint density at radius 2 is 1.90 bits per heavy atom. The van der Waals surface area contributed by atoms with Gasteiger partial charge < -0.3 is 18.9 Å². The number of fused-ring (bicyclic) bond motifs is 1. The summed E-state index contributed by atoms with van der Waals surface area (Å²) in [6, 6.07) is 3.35. The first kappa shape index (κ1) is 13.9. The lowest BCUT2D eigenvalue weighted by Crippen LogP contribution is -2.11.